The molecule has 1 unspecified atom stereocenters. The molecule has 2 N–H and O–H groups in total. The number of hydrogen-bond acceptors (Lipinski definition) is 4. The van der Waals surface area contributed by atoms with E-state index in [1.807, 2.05) is 28.8 Å². The molecule has 0 aliphatic heterocycles. The molecule has 2 heterocycles. The molecule has 0 fully saturated rings. The zero-order valence-corrected chi connectivity index (χ0v) is 9.34. The first-order valence-electron chi connectivity index (χ1n) is 5.37. The number of hydrogen-bond donors (Lipinski definition) is 1. The zero-order chi connectivity index (χ0) is 11.4. The van der Waals surface area contributed by atoms with Gasteiger partial charge in [0.2, 0.25) is 0 Å². The molecule has 1 atom stereocenters. The molecule has 86 valence electrons. The number of methoxy groups -OCH3 is 1. The molecule has 5 nitrogen and oxygen atoms in total. The standard InChI is InChI=1S/C11H16N4O/c1-16-8-4-5-9(12)11-14-13-10-6-2-3-7-15(10)11/h2-3,6-7,9H,4-5,8,12H2,1H3. The number of rotatable bonds is 5. The minimum atomic E-state index is -0.0902. The van der Waals surface area contributed by atoms with Crippen LogP contribution < -0.4 is 5.73 Å². The van der Waals surface area contributed by atoms with Crippen molar-refractivity contribution in [3.63, 3.8) is 0 Å². The van der Waals surface area contributed by atoms with Crippen molar-refractivity contribution in [3.8, 4) is 0 Å². The maximum atomic E-state index is 6.07. The fourth-order valence-electron chi connectivity index (χ4n) is 1.69. The first kappa shape index (κ1) is 11.0. The fourth-order valence-corrected chi connectivity index (χ4v) is 1.69. The molecule has 2 aromatic heterocycles. The summed E-state index contributed by atoms with van der Waals surface area (Å²) in [4.78, 5) is 0. The van der Waals surface area contributed by atoms with Gasteiger partial charge in [0.25, 0.3) is 0 Å². The van der Waals surface area contributed by atoms with Crippen LogP contribution in [0.15, 0.2) is 24.4 Å². The Bertz CT molecular complexity index is 454. The van der Waals surface area contributed by atoms with Gasteiger partial charge in [-0.1, -0.05) is 6.07 Å². The van der Waals surface area contributed by atoms with Crippen molar-refractivity contribution in [2.24, 2.45) is 5.73 Å². The van der Waals surface area contributed by atoms with Crippen molar-refractivity contribution >= 4 is 5.65 Å². The van der Waals surface area contributed by atoms with Gasteiger partial charge in [0, 0.05) is 19.9 Å². The van der Waals surface area contributed by atoms with Crippen LogP contribution in [-0.4, -0.2) is 28.3 Å². The summed E-state index contributed by atoms with van der Waals surface area (Å²) in [7, 11) is 1.69. The summed E-state index contributed by atoms with van der Waals surface area (Å²) < 4.78 is 6.93. The SMILES string of the molecule is COCCCC(N)c1nnc2ccccn12. The van der Waals surface area contributed by atoms with Crippen LogP contribution in [0.2, 0.25) is 0 Å². The van der Waals surface area contributed by atoms with E-state index < -0.39 is 0 Å². The Balaban J connectivity index is 2.13. The average molecular weight is 220 g/mol. The van der Waals surface area contributed by atoms with Gasteiger partial charge in [-0.05, 0) is 25.0 Å². The average Bonchev–Trinajstić information content (AvgIpc) is 2.73. The monoisotopic (exact) mass is 220 g/mol. The van der Waals surface area contributed by atoms with Crippen molar-refractivity contribution in [3.05, 3.63) is 30.2 Å². The Morgan fingerprint density at radius 1 is 1.44 bits per heavy atom. The lowest BCUT2D eigenvalue weighted by atomic mass is 10.1. The van der Waals surface area contributed by atoms with E-state index in [0.29, 0.717) is 0 Å². The van der Waals surface area contributed by atoms with E-state index in [0.717, 1.165) is 30.9 Å². The van der Waals surface area contributed by atoms with Gasteiger partial charge in [0.05, 0.1) is 6.04 Å². The van der Waals surface area contributed by atoms with E-state index in [1.54, 1.807) is 7.11 Å². The van der Waals surface area contributed by atoms with Crippen LogP contribution in [0.4, 0.5) is 0 Å². The highest BCUT2D eigenvalue weighted by molar-refractivity contribution is 5.37. The van der Waals surface area contributed by atoms with Crippen molar-refractivity contribution in [1.82, 2.24) is 14.6 Å². The summed E-state index contributed by atoms with van der Waals surface area (Å²) in [5.74, 6) is 0.812. The molecule has 0 saturated carbocycles. The Morgan fingerprint density at radius 2 is 2.31 bits per heavy atom. The van der Waals surface area contributed by atoms with Gasteiger partial charge in [-0.25, -0.2) is 0 Å². The van der Waals surface area contributed by atoms with Gasteiger partial charge in [0.15, 0.2) is 11.5 Å². The van der Waals surface area contributed by atoms with Crippen LogP contribution in [0.1, 0.15) is 24.7 Å². The number of ether oxygens (including phenoxy) is 1. The predicted molar refractivity (Wildman–Crippen MR) is 61.0 cm³/mol. The molecule has 0 radical (unpaired) electrons. The first-order chi connectivity index (χ1) is 7.83. The molecule has 5 heteroatoms. The van der Waals surface area contributed by atoms with Gasteiger partial charge in [-0.3, -0.25) is 4.40 Å². The second kappa shape index (κ2) is 5.05. The fraction of sp³-hybridized carbons (Fsp3) is 0.455. The third kappa shape index (κ3) is 2.20. The molecule has 16 heavy (non-hydrogen) atoms. The normalized spacial score (nSPS) is 13.1. The smallest absolute Gasteiger partial charge is 0.160 e. The van der Waals surface area contributed by atoms with Crippen molar-refractivity contribution < 1.29 is 4.74 Å². The third-order valence-corrected chi connectivity index (χ3v) is 2.54. The highest BCUT2D eigenvalue weighted by atomic mass is 16.5. The van der Waals surface area contributed by atoms with E-state index in [2.05, 4.69) is 10.2 Å². The Morgan fingerprint density at radius 3 is 3.12 bits per heavy atom. The largest absolute Gasteiger partial charge is 0.385 e. The van der Waals surface area contributed by atoms with E-state index >= 15 is 0 Å². The first-order valence-corrected chi connectivity index (χ1v) is 5.37. The molecular weight excluding hydrogens is 204 g/mol. The molecule has 0 amide bonds. The van der Waals surface area contributed by atoms with Crippen LogP contribution in [0.5, 0.6) is 0 Å². The van der Waals surface area contributed by atoms with Crippen molar-refractivity contribution in [2.75, 3.05) is 13.7 Å². The summed E-state index contributed by atoms with van der Waals surface area (Å²) in [6.45, 7) is 0.727. The lowest BCUT2D eigenvalue weighted by Crippen LogP contribution is -2.14. The summed E-state index contributed by atoms with van der Waals surface area (Å²) >= 11 is 0. The second-order valence-electron chi connectivity index (χ2n) is 3.73. The van der Waals surface area contributed by atoms with Crippen LogP contribution in [0.3, 0.4) is 0 Å². The molecule has 0 aliphatic rings. The van der Waals surface area contributed by atoms with E-state index in [9.17, 15) is 0 Å². The molecule has 0 bridgehead atoms. The molecule has 2 aromatic rings. The van der Waals surface area contributed by atoms with Crippen molar-refractivity contribution in [1.29, 1.82) is 0 Å². The maximum absolute atomic E-state index is 6.07. The van der Waals surface area contributed by atoms with E-state index in [-0.39, 0.29) is 6.04 Å². The Hall–Kier alpha value is -1.46. The number of fused-ring (bicyclic) bond motifs is 1. The highest BCUT2D eigenvalue weighted by Crippen LogP contribution is 2.14. The van der Waals surface area contributed by atoms with E-state index in [1.165, 1.54) is 0 Å². The maximum Gasteiger partial charge on any atom is 0.160 e. The third-order valence-electron chi connectivity index (χ3n) is 2.54. The van der Waals surface area contributed by atoms with Crippen LogP contribution in [0.25, 0.3) is 5.65 Å². The summed E-state index contributed by atoms with van der Waals surface area (Å²) in [5.41, 5.74) is 6.90. The summed E-state index contributed by atoms with van der Waals surface area (Å²) in [6, 6.07) is 5.71. The molecule has 0 aliphatic carbocycles. The predicted octanol–water partition coefficient (Wildman–Crippen LogP) is 1.16. The number of pyridine rings is 1. The van der Waals surface area contributed by atoms with E-state index in [4.69, 9.17) is 10.5 Å². The molecule has 0 saturated heterocycles. The van der Waals surface area contributed by atoms with Crippen LogP contribution >= 0.6 is 0 Å². The van der Waals surface area contributed by atoms with Gasteiger partial charge < -0.3 is 10.5 Å². The molecular formula is C11H16N4O. The Labute approximate surface area is 94.2 Å². The zero-order valence-electron chi connectivity index (χ0n) is 9.34. The van der Waals surface area contributed by atoms with Gasteiger partial charge in [0.1, 0.15) is 0 Å². The number of aromatic nitrogens is 3. The number of nitrogens with two attached hydrogens (primary N) is 1. The molecule has 0 aromatic carbocycles. The van der Waals surface area contributed by atoms with Crippen LogP contribution in [0, 0.1) is 0 Å². The summed E-state index contributed by atoms with van der Waals surface area (Å²) in [6.07, 6.45) is 3.71. The molecule has 0 spiro atoms. The summed E-state index contributed by atoms with van der Waals surface area (Å²) in [5, 5.41) is 8.19. The van der Waals surface area contributed by atoms with Gasteiger partial charge in [-0.15, -0.1) is 10.2 Å². The minimum absolute atomic E-state index is 0.0902. The minimum Gasteiger partial charge on any atom is -0.385 e. The lowest BCUT2D eigenvalue weighted by Gasteiger charge is -2.08. The van der Waals surface area contributed by atoms with Gasteiger partial charge >= 0.3 is 0 Å². The quantitative estimate of drug-likeness (QED) is 0.768. The number of nitrogens with zero attached hydrogens (tertiary/aromatic N) is 3. The second-order valence-corrected chi connectivity index (χ2v) is 3.73. The topological polar surface area (TPSA) is 65.4 Å². The highest BCUT2D eigenvalue weighted by Gasteiger charge is 2.12. The molecule has 2 rings (SSSR count). The van der Waals surface area contributed by atoms with Crippen molar-refractivity contribution in [2.45, 2.75) is 18.9 Å². The van der Waals surface area contributed by atoms with Gasteiger partial charge in [-0.2, -0.15) is 0 Å². The Kier molecular flexibility index (Phi) is 3.48. The lowest BCUT2D eigenvalue weighted by molar-refractivity contribution is 0.190. The van der Waals surface area contributed by atoms with Crippen LogP contribution in [-0.2, 0) is 4.74 Å².